The van der Waals surface area contributed by atoms with Crippen LogP contribution in [0.1, 0.15) is 37.9 Å². The minimum absolute atomic E-state index is 0.0155. The molecule has 8 nitrogen and oxygen atoms in total. The molecule has 0 aliphatic heterocycles. The lowest BCUT2D eigenvalue weighted by Crippen LogP contribution is -2.32. The molecule has 180 valence electrons. The molecule has 0 fully saturated rings. The first-order valence-electron chi connectivity index (χ1n) is 9.93. The topological polar surface area (TPSA) is 127 Å². The van der Waals surface area contributed by atoms with E-state index < -0.39 is 23.3 Å². The second-order valence-electron chi connectivity index (χ2n) is 7.37. The van der Waals surface area contributed by atoms with Crippen LogP contribution in [0.25, 0.3) is 0 Å². The molecule has 3 rings (SSSR count). The molecule has 3 aromatic heterocycles. The van der Waals surface area contributed by atoms with E-state index in [9.17, 15) is 18.0 Å². The highest BCUT2D eigenvalue weighted by molar-refractivity contribution is 5.67. The van der Waals surface area contributed by atoms with Crippen molar-refractivity contribution >= 4 is 6.09 Å². The van der Waals surface area contributed by atoms with E-state index in [4.69, 9.17) is 15.7 Å². The van der Waals surface area contributed by atoms with Crippen molar-refractivity contribution in [1.29, 1.82) is 5.26 Å². The lowest BCUT2D eigenvalue weighted by Gasteiger charge is -2.19. The Morgan fingerprint density at radius 3 is 1.85 bits per heavy atom. The van der Waals surface area contributed by atoms with Gasteiger partial charge in [-0.25, -0.2) is 22.9 Å². The summed E-state index contributed by atoms with van der Waals surface area (Å²) in [7, 11) is 0. The smallest absolute Gasteiger partial charge is 0.407 e. The summed E-state index contributed by atoms with van der Waals surface area (Å²) in [5, 5.41) is 10.6. The molecule has 0 unspecified atom stereocenters. The molecule has 11 heteroatoms. The molecule has 0 atom stereocenters. The number of amides is 1. The molecule has 3 N–H and O–H groups in total. The van der Waals surface area contributed by atoms with Crippen molar-refractivity contribution in [3.05, 3.63) is 89.5 Å². The van der Waals surface area contributed by atoms with Crippen LogP contribution in [0.3, 0.4) is 0 Å². The maximum absolute atomic E-state index is 13.1. The molecule has 0 spiro atoms. The van der Waals surface area contributed by atoms with Gasteiger partial charge < -0.3 is 15.8 Å². The van der Waals surface area contributed by atoms with Gasteiger partial charge in [0.1, 0.15) is 23.3 Å². The number of hydrogen-bond acceptors (Lipinski definition) is 7. The summed E-state index contributed by atoms with van der Waals surface area (Å²) in [6, 6.07) is 9.91. The zero-order chi connectivity index (χ0) is 25.6. The second-order valence-corrected chi connectivity index (χ2v) is 7.37. The van der Waals surface area contributed by atoms with Gasteiger partial charge in [-0.2, -0.15) is 5.26 Å². The van der Waals surface area contributed by atoms with Gasteiger partial charge in [0.05, 0.1) is 17.9 Å². The Morgan fingerprint density at radius 2 is 1.47 bits per heavy atom. The number of ether oxygens (including phenoxy) is 1. The summed E-state index contributed by atoms with van der Waals surface area (Å²) in [6.07, 6.45) is 3.78. The van der Waals surface area contributed by atoms with Crippen LogP contribution >= 0.6 is 0 Å². The van der Waals surface area contributed by atoms with Gasteiger partial charge in [0.2, 0.25) is 0 Å². The number of nitrogens with one attached hydrogen (secondary N) is 1. The summed E-state index contributed by atoms with van der Waals surface area (Å²) in [5.41, 5.74) is 4.94. The number of nitrogens with zero attached hydrogens (tertiary/aromatic N) is 4. The molecule has 3 aromatic rings. The summed E-state index contributed by atoms with van der Waals surface area (Å²) >= 11 is 0. The number of hydrogen-bond donors (Lipinski definition) is 2. The molecule has 34 heavy (non-hydrogen) atoms. The van der Waals surface area contributed by atoms with Crippen molar-refractivity contribution in [2.24, 2.45) is 5.73 Å². The van der Waals surface area contributed by atoms with Crippen LogP contribution in [-0.4, -0.2) is 26.6 Å². The molecule has 0 bridgehead atoms. The number of nitrogens with two attached hydrogens (primary N) is 1. The molecular weight excluding hydrogens is 449 g/mol. The highest BCUT2D eigenvalue weighted by Gasteiger charge is 2.16. The molecule has 0 aliphatic carbocycles. The number of carbonyl (C=O) groups excluding carboxylic acids is 1. The van der Waals surface area contributed by atoms with Crippen LogP contribution < -0.4 is 11.1 Å². The van der Waals surface area contributed by atoms with Crippen molar-refractivity contribution in [3.63, 3.8) is 0 Å². The van der Waals surface area contributed by atoms with Crippen LogP contribution in [0, 0.1) is 28.8 Å². The van der Waals surface area contributed by atoms with Crippen molar-refractivity contribution in [2.75, 3.05) is 0 Å². The number of pyridine rings is 3. The van der Waals surface area contributed by atoms with Gasteiger partial charge in [0.15, 0.2) is 11.5 Å². The Bertz CT molecular complexity index is 1090. The lowest BCUT2D eigenvalue weighted by molar-refractivity contribution is 0.0522. The standard InChI is InChI=1S/C11H15FN2O2.C6H7FN2.C6H3FN2/c1-11(2,3)16-10(15)14-7-9-8(12)5-4-6-13-9;2*7-5-2-1-3-9-6(5)4-8/h4-6H,7H2,1-3H3,(H,14,15);1-3H,4,8H2;1-3H. The quantitative estimate of drug-likeness (QED) is 0.587. The van der Waals surface area contributed by atoms with Crippen molar-refractivity contribution < 1.29 is 22.7 Å². The van der Waals surface area contributed by atoms with Gasteiger partial charge in [-0.1, -0.05) is 0 Å². The molecule has 0 radical (unpaired) electrons. The number of rotatable bonds is 3. The van der Waals surface area contributed by atoms with Crippen molar-refractivity contribution in [1.82, 2.24) is 20.3 Å². The third kappa shape index (κ3) is 11.0. The van der Waals surface area contributed by atoms with Crippen LogP contribution in [0.2, 0.25) is 0 Å². The Morgan fingerprint density at radius 1 is 0.971 bits per heavy atom. The normalized spacial score (nSPS) is 9.94. The van der Waals surface area contributed by atoms with Gasteiger partial charge >= 0.3 is 6.09 Å². The first-order valence-corrected chi connectivity index (χ1v) is 9.93. The fourth-order valence-electron chi connectivity index (χ4n) is 2.06. The van der Waals surface area contributed by atoms with Gasteiger partial charge in [-0.15, -0.1) is 0 Å². The van der Waals surface area contributed by atoms with E-state index in [0.717, 1.165) is 0 Å². The Hall–Kier alpha value is -4.04. The molecule has 0 aromatic carbocycles. The largest absolute Gasteiger partial charge is 0.444 e. The minimum Gasteiger partial charge on any atom is -0.444 e. The second kappa shape index (κ2) is 14.2. The molecule has 0 saturated carbocycles. The predicted molar refractivity (Wildman–Crippen MR) is 118 cm³/mol. The third-order valence-electron chi connectivity index (χ3n) is 3.53. The Kier molecular flexibility index (Phi) is 11.7. The average Bonchev–Trinajstić information content (AvgIpc) is 2.79. The summed E-state index contributed by atoms with van der Waals surface area (Å²) in [6.45, 7) is 5.45. The Labute approximate surface area is 195 Å². The zero-order valence-corrected chi connectivity index (χ0v) is 18.9. The Balaban J connectivity index is 0.000000274. The zero-order valence-electron chi connectivity index (χ0n) is 18.9. The maximum atomic E-state index is 13.1. The van der Waals surface area contributed by atoms with E-state index in [0.29, 0.717) is 5.69 Å². The third-order valence-corrected chi connectivity index (χ3v) is 3.53. The van der Waals surface area contributed by atoms with Gasteiger partial charge in [-0.05, 0) is 57.2 Å². The van der Waals surface area contributed by atoms with E-state index in [1.165, 1.54) is 55.0 Å². The highest BCUT2D eigenvalue weighted by Crippen LogP contribution is 2.07. The predicted octanol–water partition coefficient (Wildman–Crippen LogP) is 4.02. The number of aromatic nitrogens is 3. The maximum Gasteiger partial charge on any atom is 0.407 e. The van der Waals surface area contributed by atoms with Gasteiger partial charge in [0.25, 0.3) is 0 Å². The first-order chi connectivity index (χ1) is 16.1. The van der Waals surface area contributed by atoms with Crippen molar-refractivity contribution in [2.45, 2.75) is 39.5 Å². The minimum atomic E-state index is -0.586. The molecule has 0 aliphatic rings. The molecule has 3 heterocycles. The van der Waals surface area contributed by atoms with Gasteiger partial charge in [0, 0.05) is 25.1 Å². The SMILES string of the molecule is CC(C)(C)OC(=O)NCc1ncccc1F.N#Cc1ncccc1F.NCc1ncccc1F. The molecule has 0 saturated heterocycles. The fourth-order valence-corrected chi connectivity index (χ4v) is 2.06. The number of nitriles is 1. The molecular formula is C23H25F3N6O2. The summed E-state index contributed by atoms with van der Waals surface area (Å²) in [4.78, 5) is 22.2. The van der Waals surface area contributed by atoms with Crippen LogP contribution in [-0.2, 0) is 17.8 Å². The number of alkyl carbamates (subject to hydrolysis) is 1. The fraction of sp³-hybridized carbons (Fsp3) is 0.261. The van der Waals surface area contributed by atoms with Gasteiger partial charge in [-0.3, -0.25) is 9.97 Å². The average molecular weight is 474 g/mol. The van der Waals surface area contributed by atoms with E-state index in [1.54, 1.807) is 26.8 Å². The number of halogens is 3. The highest BCUT2D eigenvalue weighted by atomic mass is 19.1. The van der Waals surface area contributed by atoms with E-state index in [-0.39, 0.29) is 30.3 Å². The van der Waals surface area contributed by atoms with E-state index >= 15 is 0 Å². The van der Waals surface area contributed by atoms with Crippen LogP contribution in [0.15, 0.2) is 55.0 Å². The van der Waals surface area contributed by atoms with Crippen LogP contribution in [0.5, 0.6) is 0 Å². The number of carbonyl (C=O) groups is 1. The van der Waals surface area contributed by atoms with E-state index in [2.05, 4.69) is 20.3 Å². The summed E-state index contributed by atoms with van der Waals surface area (Å²) in [5.74, 6) is -1.35. The summed E-state index contributed by atoms with van der Waals surface area (Å²) < 4.78 is 42.9. The first kappa shape index (κ1) is 28.0. The van der Waals surface area contributed by atoms with Crippen molar-refractivity contribution in [3.8, 4) is 6.07 Å². The van der Waals surface area contributed by atoms with E-state index in [1.807, 2.05) is 0 Å². The monoisotopic (exact) mass is 474 g/mol. The molecule has 1 amide bonds. The lowest BCUT2D eigenvalue weighted by atomic mass is 10.2. The van der Waals surface area contributed by atoms with Crippen LogP contribution in [0.4, 0.5) is 18.0 Å².